The summed E-state index contributed by atoms with van der Waals surface area (Å²) in [6.45, 7) is 1.85. The standard InChI is InChI=1S/C10H12F2IN.ClH/c1-6(14)2-3-7-9(13)5-4-8(11)10(7)12;/h4-6H,2-3,14H2,1H3;1H. The van der Waals surface area contributed by atoms with E-state index in [1.807, 2.05) is 29.5 Å². The molecule has 0 fully saturated rings. The van der Waals surface area contributed by atoms with Crippen LogP contribution in [0.5, 0.6) is 0 Å². The van der Waals surface area contributed by atoms with Gasteiger partial charge in [0.2, 0.25) is 0 Å². The highest BCUT2D eigenvalue weighted by Gasteiger charge is 2.12. The van der Waals surface area contributed by atoms with E-state index in [0.717, 1.165) is 9.64 Å². The first-order valence-corrected chi connectivity index (χ1v) is 5.48. The highest BCUT2D eigenvalue weighted by Crippen LogP contribution is 2.20. The second kappa shape index (κ2) is 6.60. The van der Waals surface area contributed by atoms with Crippen LogP contribution in [0.15, 0.2) is 12.1 Å². The maximum absolute atomic E-state index is 13.3. The van der Waals surface area contributed by atoms with Gasteiger partial charge in [-0.3, -0.25) is 0 Å². The lowest BCUT2D eigenvalue weighted by Gasteiger charge is -2.08. The smallest absolute Gasteiger partial charge is 0.163 e. The Bertz CT molecular complexity index is 331. The van der Waals surface area contributed by atoms with Gasteiger partial charge in [-0.05, 0) is 54.5 Å². The van der Waals surface area contributed by atoms with Crippen molar-refractivity contribution in [3.63, 3.8) is 0 Å². The Hall–Kier alpha value is 0.0600. The summed E-state index contributed by atoms with van der Waals surface area (Å²) in [5.74, 6) is -1.53. The molecule has 0 spiro atoms. The molecule has 0 saturated carbocycles. The van der Waals surface area contributed by atoms with Crippen molar-refractivity contribution in [3.8, 4) is 0 Å². The van der Waals surface area contributed by atoms with Crippen LogP contribution in [-0.4, -0.2) is 6.04 Å². The molecule has 0 bridgehead atoms. The fourth-order valence-electron chi connectivity index (χ4n) is 1.17. The van der Waals surface area contributed by atoms with Crippen molar-refractivity contribution in [3.05, 3.63) is 32.9 Å². The topological polar surface area (TPSA) is 26.0 Å². The van der Waals surface area contributed by atoms with Crippen LogP contribution in [-0.2, 0) is 6.42 Å². The van der Waals surface area contributed by atoms with Crippen molar-refractivity contribution < 1.29 is 8.78 Å². The monoisotopic (exact) mass is 347 g/mol. The van der Waals surface area contributed by atoms with Crippen molar-refractivity contribution in [2.75, 3.05) is 0 Å². The quantitative estimate of drug-likeness (QED) is 0.659. The zero-order valence-electron chi connectivity index (χ0n) is 8.27. The molecule has 1 nitrogen and oxygen atoms in total. The van der Waals surface area contributed by atoms with Gasteiger partial charge in [0.05, 0.1) is 0 Å². The van der Waals surface area contributed by atoms with Crippen molar-refractivity contribution >= 4 is 35.0 Å². The van der Waals surface area contributed by atoms with Crippen molar-refractivity contribution in [2.45, 2.75) is 25.8 Å². The average molecular weight is 348 g/mol. The molecule has 1 aromatic carbocycles. The molecule has 1 rings (SSSR count). The molecular weight excluding hydrogens is 334 g/mol. The maximum Gasteiger partial charge on any atom is 0.163 e. The SMILES string of the molecule is CC(N)CCc1c(I)ccc(F)c1F.Cl. The molecule has 0 amide bonds. The Balaban J connectivity index is 0.00000196. The van der Waals surface area contributed by atoms with Crippen LogP contribution >= 0.6 is 35.0 Å². The van der Waals surface area contributed by atoms with Gasteiger partial charge in [0.1, 0.15) is 0 Å². The van der Waals surface area contributed by atoms with E-state index in [2.05, 4.69) is 0 Å². The molecule has 86 valence electrons. The number of hydrogen-bond donors (Lipinski definition) is 1. The van der Waals surface area contributed by atoms with E-state index in [-0.39, 0.29) is 18.4 Å². The zero-order valence-corrected chi connectivity index (χ0v) is 11.2. The average Bonchev–Trinajstić information content (AvgIpc) is 2.11. The summed E-state index contributed by atoms with van der Waals surface area (Å²) >= 11 is 2.00. The predicted octanol–water partition coefficient (Wildman–Crippen LogP) is 3.27. The minimum absolute atomic E-state index is 0. The normalized spacial score (nSPS) is 12.1. The van der Waals surface area contributed by atoms with Gasteiger partial charge in [0.15, 0.2) is 11.6 Å². The van der Waals surface area contributed by atoms with E-state index in [4.69, 9.17) is 5.73 Å². The molecule has 0 aliphatic heterocycles. The van der Waals surface area contributed by atoms with Crippen LogP contribution in [0, 0.1) is 15.2 Å². The Kier molecular flexibility index (Phi) is 6.63. The second-order valence-electron chi connectivity index (χ2n) is 3.34. The predicted molar refractivity (Wildman–Crippen MR) is 68.3 cm³/mol. The Morgan fingerprint density at radius 1 is 1.40 bits per heavy atom. The third-order valence-corrected chi connectivity index (χ3v) is 3.00. The third-order valence-electron chi connectivity index (χ3n) is 1.99. The molecule has 0 aromatic heterocycles. The molecule has 1 atom stereocenters. The lowest BCUT2D eigenvalue weighted by Crippen LogP contribution is -2.16. The largest absolute Gasteiger partial charge is 0.328 e. The number of nitrogens with two attached hydrogens (primary N) is 1. The van der Waals surface area contributed by atoms with E-state index in [0.29, 0.717) is 18.4 Å². The van der Waals surface area contributed by atoms with Gasteiger partial charge in [0.25, 0.3) is 0 Å². The molecule has 0 radical (unpaired) electrons. The fraction of sp³-hybridized carbons (Fsp3) is 0.400. The second-order valence-corrected chi connectivity index (χ2v) is 4.50. The van der Waals surface area contributed by atoms with Crippen LogP contribution in [0.2, 0.25) is 0 Å². The lowest BCUT2D eigenvalue weighted by atomic mass is 10.1. The summed E-state index contributed by atoms with van der Waals surface area (Å²) in [5, 5.41) is 0. The summed E-state index contributed by atoms with van der Waals surface area (Å²) in [5.41, 5.74) is 5.99. The summed E-state index contributed by atoms with van der Waals surface area (Å²) in [7, 11) is 0. The zero-order chi connectivity index (χ0) is 10.7. The molecule has 0 heterocycles. The molecule has 1 aromatic rings. The van der Waals surface area contributed by atoms with Gasteiger partial charge >= 0.3 is 0 Å². The van der Waals surface area contributed by atoms with Crippen LogP contribution in [0.4, 0.5) is 8.78 Å². The number of halogens is 4. The van der Waals surface area contributed by atoms with E-state index < -0.39 is 11.6 Å². The minimum atomic E-state index is -0.787. The molecular formula is C10H13ClF2IN. The van der Waals surface area contributed by atoms with Gasteiger partial charge in [-0.2, -0.15) is 0 Å². The third kappa shape index (κ3) is 4.20. The first-order chi connectivity index (χ1) is 6.52. The first kappa shape index (κ1) is 15.1. The van der Waals surface area contributed by atoms with Gasteiger partial charge in [0, 0.05) is 15.2 Å². The molecule has 2 N–H and O–H groups in total. The van der Waals surface area contributed by atoms with E-state index in [1.165, 1.54) is 0 Å². The number of hydrogen-bond acceptors (Lipinski definition) is 1. The fourth-order valence-corrected chi connectivity index (χ4v) is 1.86. The van der Waals surface area contributed by atoms with Gasteiger partial charge in [-0.15, -0.1) is 12.4 Å². The van der Waals surface area contributed by atoms with E-state index in [9.17, 15) is 8.78 Å². The molecule has 0 saturated heterocycles. The highest BCUT2D eigenvalue weighted by atomic mass is 127. The minimum Gasteiger partial charge on any atom is -0.328 e. The summed E-state index contributed by atoms with van der Waals surface area (Å²) < 4.78 is 26.9. The molecule has 0 aliphatic carbocycles. The van der Waals surface area contributed by atoms with Crippen molar-refractivity contribution in [2.24, 2.45) is 5.73 Å². The first-order valence-electron chi connectivity index (χ1n) is 4.40. The molecule has 1 unspecified atom stereocenters. The number of benzene rings is 1. The summed E-state index contributed by atoms with van der Waals surface area (Å²) in [6, 6.07) is 2.73. The highest BCUT2D eigenvalue weighted by molar-refractivity contribution is 14.1. The maximum atomic E-state index is 13.3. The van der Waals surface area contributed by atoms with Crippen molar-refractivity contribution in [1.82, 2.24) is 0 Å². The van der Waals surface area contributed by atoms with Gasteiger partial charge in [-0.1, -0.05) is 0 Å². The van der Waals surface area contributed by atoms with Crippen LogP contribution in [0.3, 0.4) is 0 Å². The van der Waals surface area contributed by atoms with Gasteiger partial charge in [-0.25, -0.2) is 8.78 Å². The van der Waals surface area contributed by atoms with E-state index >= 15 is 0 Å². The lowest BCUT2D eigenvalue weighted by molar-refractivity contribution is 0.493. The Morgan fingerprint density at radius 3 is 2.53 bits per heavy atom. The van der Waals surface area contributed by atoms with Gasteiger partial charge < -0.3 is 5.73 Å². The number of rotatable bonds is 3. The Morgan fingerprint density at radius 2 is 2.00 bits per heavy atom. The Labute approximate surface area is 108 Å². The molecule has 15 heavy (non-hydrogen) atoms. The van der Waals surface area contributed by atoms with Crippen LogP contribution < -0.4 is 5.73 Å². The van der Waals surface area contributed by atoms with Crippen LogP contribution in [0.25, 0.3) is 0 Å². The molecule has 0 aliphatic rings. The molecule has 5 heteroatoms. The summed E-state index contributed by atoms with van der Waals surface area (Å²) in [4.78, 5) is 0. The van der Waals surface area contributed by atoms with E-state index in [1.54, 1.807) is 6.07 Å². The van der Waals surface area contributed by atoms with Crippen LogP contribution in [0.1, 0.15) is 18.9 Å². The van der Waals surface area contributed by atoms with Crippen molar-refractivity contribution in [1.29, 1.82) is 0 Å². The summed E-state index contributed by atoms with van der Waals surface area (Å²) in [6.07, 6.45) is 1.15.